The minimum atomic E-state index is -1.15. The monoisotopic (exact) mass is 345 g/mol. The molecule has 2 rings (SSSR count). The Labute approximate surface area is 143 Å². The quantitative estimate of drug-likeness (QED) is 0.605. The highest BCUT2D eigenvalue weighted by atomic mass is 16.4. The van der Waals surface area contributed by atoms with Crippen molar-refractivity contribution in [2.75, 3.05) is 6.54 Å². The molecule has 8 heteroatoms. The van der Waals surface area contributed by atoms with E-state index in [4.69, 9.17) is 5.11 Å². The van der Waals surface area contributed by atoms with Gasteiger partial charge < -0.3 is 20.7 Å². The van der Waals surface area contributed by atoms with Crippen LogP contribution in [0.5, 0.6) is 0 Å². The topological polar surface area (TPSA) is 128 Å². The number of aliphatic carboxylic acids is 1. The molecule has 0 spiro atoms. The number of nitrogens with one attached hydrogen (secondary N) is 3. The lowest BCUT2D eigenvalue weighted by Gasteiger charge is -2.17. The number of fused-ring (bicyclic) bond motifs is 1. The van der Waals surface area contributed by atoms with Gasteiger partial charge in [-0.25, -0.2) is 4.79 Å². The van der Waals surface area contributed by atoms with Gasteiger partial charge in [-0.05, 0) is 18.1 Å². The van der Waals surface area contributed by atoms with Crippen LogP contribution in [0.2, 0.25) is 0 Å². The molecule has 8 nitrogen and oxygen atoms in total. The van der Waals surface area contributed by atoms with Gasteiger partial charge in [-0.2, -0.15) is 0 Å². The summed E-state index contributed by atoms with van der Waals surface area (Å²) in [5.74, 6) is -2.81. The van der Waals surface area contributed by atoms with Crippen molar-refractivity contribution >= 4 is 28.7 Å². The average Bonchev–Trinajstić information content (AvgIpc) is 2.57. The number of carbonyl (C=O) groups is 3. The molecule has 0 radical (unpaired) electrons. The van der Waals surface area contributed by atoms with E-state index in [9.17, 15) is 19.2 Å². The predicted molar refractivity (Wildman–Crippen MR) is 91.3 cm³/mol. The maximum Gasteiger partial charge on any atom is 0.326 e. The van der Waals surface area contributed by atoms with E-state index < -0.39 is 35.8 Å². The van der Waals surface area contributed by atoms with Gasteiger partial charge >= 0.3 is 5.97 Å². The van der Waals surface area contributed by atoms with Crippen LogP contribution in [0.25, 0.3) is 10.9 Å². The van der Waals surface area contributed by atoms with Crippen LogP contribution >= 0.6 is 0 Å². The first kappa shape index (κ1) is 18.2. The maximum atomic E-state index is 12.3. The van der Waals surface area contributed by atoms with Crippen molar-refractivity contribution in [1.29, 1.82) is 0 Å². The van der Waals surface area contributed by atoms with Gasteiger partial charge in [-0.3, -0.25) is 14.4 Å². The third-order valence-corrected chi connectivity index (χ3v) is 3.69. The standard InChI is InChI=1S/C17H19N3O5/c1-9(2)14(17(24)25)20-13(21)8-19-16(23)11-7-18-12-6-4-3-5-10(12)15(11)22/h3-7,9,14H,8H2,1-2H3,(H,18,22)(H,19,23)(H,20,21)(H,24,25)/t14-/m1/s1. The van der Waals surface area contributed by atoms with Crippen LogP contribution in [0.4, 0.5) is 0 Å². The second-order valence-electron chi connectivity index (χ2n) is 5.89. The van der Waals surface area contributed by atoms with Crippen molar-refractivity contribution in [1.82, 2.24) is 15.6 Å². The molecular weight excluding hydrogens is 326 g/mol. The molecule has 0 aliphatic heterocycles. The fourth-order valence-corrected chi connectivity index (χ4v) is 2.33. The molecule has 1 aromatic heterocycles. The normalized spacial score (nSPS) is 12.0. The van der Waals surface area contributed by atoms with Crippen LogP contribution in [-0.2, 0) is 9.59 Å². The third kappa shape index (κ3) is 4.23. The number of carboxylic acid groups (broad SMARTS) is 1. The van der Waals surface area contributed by atoms with Crippen LogP contribution in [0, 0.1) is 5.92 Å². The number of aromatic amines is 1. The van der Waals surface area contributed by atoms with E-state index in [0.29, 0.717) is 10.9 Å². The largest absolute Gasteiger partial charge is 0.480 e. The molecule has 2 amide bonds. The zero-order valence-electron chi connectivity index (χ0n) is 13.8. The first-order valence-corrected chi connectivity index (χ1v) is 7.72. The molecule has 1 atom stereocenters. The Balaban J connectivity index is 2.05. The fourth-order valence-electron chi connectivity index (χ4n) is 2.33. The maximum absolute atomic E-state index is 12.3. The molecule has 132 valence electrons. The number of carboxylic acids is 1. The lowest BCUT2D eigenvalue weighted by Crippen LogP contribution is -2.48. The molecule has 0 bridgehead atoms. The Kier molecular flexibility index (Phi) is 5.53. The average molecular weight is 345 g/mol. The number of benzene rings is 1. The highest BCUT2D eigenvalue weighted by Gasteiger charge is 2.23. The summed E-state index contributed by atoms with van der Waals surface area (Å²) in [4.78, 5) is 50.2. The number of carbonyl (C=O) groups excluding carboxylic acids is 2. The molecule has 0 saturated heterocycles. The number of aromatic nitrogens is 1. The second-order valence-corrected chi connectivity index (χ2v) is 5.89. The van der Waals surface area contributed by atoms with E-state index in [2.05, 4.69) is 15.6 Å². The zero-order valence-corrected chi connectivity index (χ0v) is 13.8. The van der Waals surface area contributed by atoms with Gasteiger partial charge in [0.2, 0.25) is 11.3 Å². The summed E-state index contributed by atoms with van der Waals surface area (Å²) >= 11 is 0. The Morgan fingerprint density at radius 3 is 2.52 bits per heavy atom. The highest BCUT2D eigenvalue weighted by molar-refractivity contribution is 5.99. The van der Waals surface area contributed by atoms with Gasteiger partial charge in [0.25, 0.3) is 5.91 Å². The first-order chi connectivity index (χ1) is 11.8. The molecule has 0 aliphatic carbocycles. The van der Waals surface area contributed by atoms with Crippen molar-refractivity contribution in [2.45, 2.75) is 19.9 Å². The molecular formula is C17H19N3O5. The van der Waals surface area contributed by atoms with E-state index in [1.807, 2.05) is 0 Å². The number of hydrogen-bond acceptors (Lipinski definition) is 4. The SMILES string of the molecule is CC(C)[C@@H](NC(=O)CNC(=O)c1c[nH]c2ccccc2c1=O)C(=O)O. The Morgan fingerprint density at radius 2 is 1.88 bits per heavy atom. The van der Waals surface area contributed by atoms with E-state index in [1.165, 1.54) is 6.20 Å². The van der Waals surface area contributed by atoms with Crippen molar-refractivity contribution in [2.24, 2.45) is 5.92 Å². The summed E-state index contributed by atoms with van der Waals surface area (Å²) in [5.41, 5.74) is 0.0334. The lowest BCUT2D eigenvalue weighted by atomic mass is 10.1. The molecule has 4 N–H and O–H groups in total. The van der Waals surface area contributed by atoms with Crippen molar-refractivity contribution < 1.29 is 19.5 Å². The molecule has 1 heterocycles. The number of amides is 2. The van der Waals surface area contributed by atoms with E-state index in [1.54, 1.807) is 38.1 Å². The Morgan fingerprint density at radius 1 is 1.20 bits per heavy atom. The summed E-state index contributed by atoms with van der Waals surface area (Å²) in [5, 5.41) is 14.1. The zero-order chi connectivity index (χ0) is 18.6. The Bertz CT molecular complexity index is 872. The van der Waals surface area contributed by atoms with Crippen LogP contribution in [0.15, 0.2) is 35.3 Å². The summed E-state index contributed by atoms with van der Waals surface area (Å²) < 4.78 is 0. The van der Waals surface area contributed by atoms with Crippen LogP contribution in [-0.4, -0.2) is 40.5 Å². The molecule has 0 saturated carbocycles. The van der Waals surface area contributed by atoms with E-state index >= 15 is 0 Å². The van der Waals surface area contributed by atoms with Gasteiger partial charge in [0, 0.05) is 17.1 Å². The number of hydrogen-bond donors (Lipinski definition) is 4. The number of pyridine rings is 1. The van der Waals surface area contributed by atoms with Gasteiger partial charge in [0.05, 0.1) is 6.54 Å². The number of rotatable bonds is 6. The van der Waals surface area contributed by atoms with E-state index in [-0.39, 0.29) is 11.5 Å². The molecule has 0 fully saturated rings. The summed E-state index contributed by atoms with van der Waals surface area (Å²) in [7, 11) is 0. The molecule has 25 heavy (non-hydrogen) atoms. The first-order valence-electron chi connectivity index (χ1n) is 7.72. The summed E-state index contributed by atoms with van der Waals surface area (Å²) in [6.07, 6.45) is 1.28. The summed E-state index contributed by atoms with van der Waals surface area (Å²) in [6, 6.07) is 5.70. The van der Waals surface area contributed by atoms with Gasteiger partial charge in [-0.1, -0.05) is 26.0 Å². The highest BCUT2D eigenvalue weighted by Crippen LogP contribution is 2.07. The van der Waals surface area contributed by atoms with Crippen molar-refractivity contribution in [3.63, 3.8) is 0 Å². The van der Waals surface area contributed by atoms with Crippen LogP contribution in [0.3, 0.4) is 0 Å². The fraction of sp³-hybridized carbons (Fsp3) is 0.294. The van der Waals surface area contributed by atoms with Crippen molar-refractivity contribution in [3.8, 4) is 0 Å². The van der Waals surface area contributed by atoms with Crippen molar-refractivity contribution in [3.05, 3.63) is 46.2 Å². The molecule has 0 unspecified atom stereocenters. The molecule has 2 aromatic rings. The van der Waals surface area contributed by atoms with Gasteiger partial charge in [0.15, 0.2) is 0 Å². The minimum Gasteiger partial charge on any atom is -0.480 e. The Hall–Kier alpha value is -3.16. The number of H-pyrrole nitrogens is 1. The third-order valence-electron chi connectivity index (χ3n) is 3.69. The van der Waals surface area contributed by atoms with Gasteiger partial charge in [-0.15, -0.1) is 0 Å². The lowest BCUT2D eigenvalue weighted by molar-refractivity contribution is -0.142. The van der Waals surface area contributed by atoms with E-state index in [0.717, 1.165) is 0 Å². The smallest absolute Gasteiger partial charge is 0.326 e. The van der Waals surface area contributed by atoms with Gasteiger partial charge in [0.1, 0.15) is 11.6 Å². The molecule has 0 aliphatic rings. The number of para-hydroxylation sites is 1. The second kappa shape index (κ2) is 7.61. The minimum absolute atomic E-state index is 0.120. The predicted octanol–water partition coefficient (Wildman–Crippen LogP) is 0.483. The van der Waals surface area contributed by atoms with Crippen LogP contribution in [0.1, 0.15) is 24.2 Å². The van der Waals surface area contributed by atoms with Crippen LogP contribution < -0.4 is 16.1 Å². The summed E-state index contributed by atoms with van der Waals surface area (Å²) in [6.45, 7) is 2.89. The molecule has 1 aromatic carbocycles.